The molecule has 6 rings (SSSR count). The fraction of sp³-hybridized carbons (Fsp3) is 0.562. The van der Waals surface area contributed by atoms with Crippen LogP contribution in [-0.2, 0) is 9.47 Å². The molecule has 2 aromatic rings. The van der Waals surface area contributed by atoms with Crippen LogP contribution >= 0.6 is 0 Å². The van der Waals surface area contributed by atoms with Gasteiger partial charge in [0.2, 0.25) is 0 Å². The number of epoxide rings is 2. The summed E-state index contributed by atoms with van der Waals surface area (Å²) in [5.74, 6) is 3.26. The second-order valence-corrected chi connectivity index (χ2v) is 11.1. The Hall–Kier alpha value is -2.30. The van der Waals surface area contributed by atoms with Gasteiger partial charge in [0.15, 0.2) is 0 Å². The maximum atomic E-state index is 6.55. The third-order valence-electron chi connectivity index (χ3n) is 8.35. The Bertz CT molecular complexity index is 1030. The van der Waals surface area contributed by atoms with E-state index in [2.05, 4.69) is 48.5 Å². The van der Waals surface area contributed by atoms with Crippen molar-refractivity contribution in [1.82, 2.24) is 0 Å². The Morgan fingerprint density at radius 2 is 1.42 bits per heavy atom. The highest BCUT2D eigenvalue weighted by Gasteiger charge is 2.28. The second kappa shape index (κ2) is 11.4. The Morgan fingerprint density at radius 3 is 2.08 bits per heavy atom. The van der Waals surface area contributed by atoms with Crippen molar-refractivity contribution >= 4 is 5.57 Å². The zero-order chi connectivity index (χ0) is 24.2. The molecule has 192 valence electrons. The number of para-hydroxylation sites is 1. The van der Waals surface area contributed by atoms with Gasteiger partial charge in [0.05, 0.1) is 13.2 Å². The highest BCUT2D eigenvalue weighted by molar-refractivity contribution is 5.73. The van der Waals surface area contributed by atoms with Gasteiger partial charge in [0, 0.05) is 5.56 Å². The molecule has 4 heteroatoms. The van der Waals surface area contributed by atoms with Gasteiger partial charge >= 0.3 is 0 Å². The van der Waals surface area contributed by atoms with E-state index in [1.165, 1.54) is 73.6 Å². The van der Waals surface area contributed by atoms with E-state index < -0.39 is 0 Å². The zero-order valence-corrected chi connectivity index (χ0v) is 21.5. The van der Waals surface area contributed by atoms with Crippen molar-refractivity contribution in [2.24, 2.45) is 0 Å². The van der Waals surface area contributed by atoms with Gasteiger partial charge in [-0.15, -0.1) is 0 Å². The summed E-state index contributed by atoms with van der Waals surface area (Å²) in [7, 11) is 0. The van der Waals surface area contributed by atoms with Crippen LogP contribution in [0.2, 0.25) is 0 Å². The number of benzene rings is 2. The van der Waals surface area contributed by atoms with E-state index in [9.17, 15) is 0 Å². The minimum absolute atomic E-state index is 0.275. The Balaban J connectivity index is 1.18. The maximum absolute atomic E-state index is 6.55. The van der Waals surface area contributed by atoms with Gasteiger partial charge in [-0.1, -0.05) is 68.5 Å². The quantitative estimate of drug-likeness (QED) is 0.345. The summed E-state index contributed by atoms with van der Waals surface area (Å²) in [4.78, 5) is 0. The lowest BCUT2D eigenvalue weighted by molar-refractivity contribution is 0.258. The molecule has 2 saturated heterocycles. The van der Waals surface area contributed by atoms with Crippen LogP contribution in [0, 0.1) is 0 Å². The molecule has 1 saturated carbocycles. The summed E-state index contributed by atoms with van der Waals surface area (Å²) in [6.07, 6.45) is 15.8. The minimum Gasteiger partial charge on any atom is -0.491 e. The lowest BCUT2D eigenvalue weighted by Gasteiger charge is -2.27. The van der Waals surface area contributed by atoms with Gasteiger partial charge < -0.3 is 18.9 Å². The van der Waals surface area contributed by atoms with Gasteiger partial charge in [-0.3, -0.25) is 0 Å². The summed E-state index contributed by atoms with van der Waals surface area (Å²) >= 11 is 0. The van der Waals surface area contributed by atoms with Crippen LogP contribution in [0.3, 0.4) is 0 Å². The molecule has 4 aliphatic rings. The smallest absolute Gasteiger partial charge is 0.130 e. The minimum atomic E-state index is 0.275. The van der Waals surface area contributed by atoms with Crippen LogP contribution in [0.1, 0.15) is 92.7 Å². The predicted molar refractivity (Wildman–Crippen MR) is 143 cm³/mol. The number of hydrogen-bond donors (Lipinski definition) is 0. The monoisotopic (exact) mass is 488 g/mol. The van der Waals surface area contributed by atoms with Gasteiger partial charge in [-0.2, -0.15) is 0 Å². The van der Waals surface area contributed by atoms with Crippen LogP contribution in [0.15, 0.2) is 48.5 Å². The van der Waals surface area contributed by atoms with Crippen molar-refractivity contribution in [3.05, 3.63) is 65.2 Å². The first-order valence-corrected chi connectivity index (χ1v) is 14.2. The van der Waals surface area contributed by atoms with Crippen molar-refractivity contribution < 1.29 is 18.9 Å². The Labute approximate surface area is 216 Å². The van der Waals surface area contributed by atoms with E-state index in [0.717, 1.165) is 37.6 Å². The first kappa shape index (κ1) is 24.1. The topological polar surface area (TPSA) is 43.5 Å². The zero-order valence-electron chi connectivity index (χ0n) is 21.5. The van der Waals surface area contributed by atoms with E-state index in [1.807, 2.05) is 0 Å². The highest BCUT2D eigenvalue weighted by atomic mass is 16.6. The fourth-order valence-corrected chi connectivity index (χ4v) is 5.97. The summed E-state index contributed by atoms with van der Waals surface area (Å²) in [6.45, 7) is 3.00. The largest absolute Gasteiger partial charge is 0.491 e. The summed E-state index contributed by atoms with van der Waals surface area (Å²) in [5, 5.41) is 0. The number of hydrogen-bond acceptors (Lipinski definition) is 4. The molecule has 0 bridgehead atoms. The molecule has 4 nitrogen and oxygen atoms in total. The number of allylic oxidation sites excluding steroid dienone is 2. The average Bonchev–Trinajstić information content (AvgIpc) is 3.82. The number of rotatable bonds is 9. The van der Waals surface area contributed by atoms with Crippen LogP contribution < -0.4 is 9.47 Å². The molecule has 2 heterocycles. The van der Waals surface area contributed by atoms with Crippen molar-refractivity contribution in [3.63, 3.8) is 0 Å². The van der Waals surface area contributed by atoms with Gasteiger partial charge in [0.1, 0.15) is 36.9 Å². The summed E-state index contributed by atoms with van der Waals surface area (Å²) in [6, 6.07) is 15.6. The Morgan fingerprint density at radius 1 is 0.722 bits per heavy atom. The molecule has 2 aliphatic carbocycles. The molecule has 2 aromatic carbocycles. The molecule has 0 N–H and O–H groups in total. The van der Waals surface area contributed by atoms with Gasteiger partial charge in [-0.05, 0) is 72.8 Å². The standard InChI is InChI=1S/C32H40O4/c1-2-4-7-25(8-5-3-1)30-9-6-10-31(32(30)36-22-29-21-35-29)26-13-11-23(12-14-26)24-15-17-27(18-16-24)33-19-28-20-34-28/h6,9-10,13,15-18,23,25,28-29H,1-5,7-8,11-12,14,19-22H2. The van der Waals surface area contributed by atoms with Crippen LogP contribution in [0.5, 0.6) is 11.5 Å². The second-order valence-electron chi connectivity index (χ2n) is 11.1. The van der Waals surface area contributed by atoms with E-state index in [-0.39, 0.29) is 6.10 Å². The van der Waals surface area contributed by atoms with Gasteiger partial charge in [0.25, 0.3) is 0 Å². The molecule has 0 radical (unpaired) electrons. The molecule has 2 aliphatic heterocycles. The highest BCUT2D eigenvalue weighted by Crippen LogP contribution is 2.44. The molecule has 0 aromatic heterocycles. The first-order valence-electron chi connectivity index (χ1n) is 14.2. The Kier molecular flexibility index (Phi) is 7.62. The normalized spacial score (nSPS) is 26.4. The molecule has 3 unspecified atom stereocenters. The number of ether oxygens (including phenoxy) is 4. The third-order valence-corrected chi connectivity index (χ3v) is 8.35. The SMILES string of the molecule is C1=C(c2cccc(C3CCCCCCC3)c2OCC2CO2)CCC(c2ccc(OCC3CO3)cc2)C1. The van der Waals surface area contributed by atoms with E-state index in [4.69, 9.17) is 18.9 Å². The van der Waals surface area contributed by atoms with Crippen molar-refractivity contribution in [2.75, 3.05) is 26.4 Å². The molecule has 3 fully saturated rings. The van der Waals surface area contributed by atoms with E-state index in [1.54, 1.807) is 0 Å². The first-order chi connectivity index (χ1) is 17.8. The molecule has 3 atom stereocenters. The van der Waals surface area contributed by atoms with E-state index >= 15 is 0 Å². The van der Waals surface area contributed by atoms with Crippen LogP contribution in [0.4, 0.5) is 0 Å². The molecule has 0 spiro atoms. The third kappa shape index (κ3) is 6.15. The molecule has 36 heavy (non-hydrogen) atoms. The predicted octanol–water partition coefficient (Wildman–Crippen LogP) is 7.42. The van der Waals surface area contributed by atoms with Gasteiger partial charge in [-0.25, -0.2) is 0 Å². The van der Waals surface area contributed by atoms with Crippen molar-refractivity contribution in [2.45, 2.75) is 88.3 Å². The average molecular weight is 489 g/mol. The van der Waals surface area contributed by atoms with E-state index in [0.29, 0.717) is 31.2 Å². The molecular weight excluding hydrogens is 448 g/mol. The van der Waals surface area contributed by atoms with Crippen LogP contribution in [-0.4, -0.2) is 38.6 Å². The summed E-state index contributed by atoms with van der Waals surface area (Å²) in [5.41, 5.74) is 5.62. The fourth-order valence-electron chi connectivity index (χ4n) is 5.97. The lowest BCUT2D eigenvalue weighted by Crippen LogP contribution is -2.12. The summed E-state index contributed by atoms with van der Waals surface area (Å²) < 4.78 is 23.1. The van der Waals surface area contributed by atoms with Crippen LogP contribution in [0.25, 0.3) is 5.57 Å². The molecular formula is C32H40O4. The molecule has 0 amide bonds. The lowest BCUT2D eigenvalue weighted by atomic mass is 9.80. The maximum Gasteiger partial charge on any atom is 0.130 e. The van der Waals surface area contributed by atoms with Crippen molar-refractivity contribution in [1.29, 1.82) is 0 Å². The van der Waals surface area contributed by atoms with Crippen molar-refractivity contribution in [3.8, 4) is 11.5 Å².